The molecule has 0 saturated carbocycles. The molecule has 0 spiro atoms. The van der Waals surface area contributed by atoms with Gasteiger partial charge in [0.1, 0.15) is 0 Å². The molecule has 0 aromatic carbocycles. The van der Waals surface area contributed by atoms with Gasteiger partial charge < -0.3 is 11.6 Å². The van der Waals surface area contributed by atoms with E-state index in [0.29, 0.717) is 0 Å². The van der Waals surface area contributed by atoms with E-state index in [0.717, 1.165) is 0 Å². The molecule has 9 heavy (non-hydrogen) atoms. The average Bonchev–Trinajstić information content (AvgIpc) is 1.61. The number of hydrogen-bond acceptors (Lipinski definition) is 2. The Bertz CT molecular complexity index is 102. The molecule has 0 aliphatic rings. The van der Waals surface area contributed by atoms with Crippen LogP contribution in [-0.4, -0.2) is 22.2 Å². The van der Waals surface area contributed by atoms with Gasteiger partial charge >= 0.3 is 63.3 Å². The maximum atomic E-state index is 9.64. The first-order valence-corrected chi connectivity index (χ1v) is 2.06. The predicted octanol–water partition coefficient (Wildman–Crippen LogP) is -2.95. The van der Waals surface area contributed by atoms with Crippen LogP contribution in [0.3, 0.4) is 0 Å². The summed E-state index contributed by atoms with van der Waals surface area (Å²) in [6, 6.07) is 0. The number of carbonyl (C=O) groups is 2. The van der Waals surface area contributed by atoms with Gasteiger partial charge in [-0.2, -0.15) is 0 Å². The maximum Gasteiger partial charge on any atom is 1.00 e. The van der Waals surface area contributed by atoms with Crippen molar-refractivity contribution in [2.45, 2.75) is 12.8 Å². The van der Waals surface area contributed by atoms with E-state index in [-0.39, 0.29) is 65.7 Å². The fraction of sp³-hybridized carbons (Fsp3) is 0.500. The summed E-state index contributed by atoms with van der Waals surface area (Å²) < 4.78 is 0. The molecule has 0 atom stereocenters. The number of carboxylic acids is 2. The molecule has 4 nitrogen and oxygen atoms in total. The van der Waals surface area contributed by atoms with E-state index in [2.05, 4.69) is 0 Å². The largest absolute Gasteiger partial charge is 1.00 e. The molecule has 0 rings (SSSR count). The SMILES string of the molecule is O=C(O)CCC(=O)O.[H-].[K+]. The van der Waals surface area contributed by atoms with E-state index in [9.17, 15) is 9.59 Å². The summed E-state index contributed by atoms with van der Waals surface area (Å²) in [7, 11) is 0. The average molecular weight is 158 g/mol. The summed E-state index contributed by atoms with van der Waals surface area (Å²) in [6.45, 7) is 0. The minimum absolute atomic E-state index is 0. The molecule has 5 heteroatoms. The Morgan fingerprint density at radius 2 is 1.33 bits per heavy atom. The van der Waals surface area contributed by atoms with Crippen LogP contribution < -0.4 is 51.4 Å². The van der Waals surface area contributed by atoms with Crippen LogP contribution in [0.15, 0.2) is 0 Å². The topological polar surface area (TPSA) is 74.6 Å². The van der Waals surface area contributed by atoms with Crippen LogP contribution in [0, 0.1) is 0 Å². The zero-order valence-electron chi connectivity index (χ0n) is 6.13. The van der Waals surface area contributed by atoms with Crippen LogP contribution in [0.4, 0.5) is 0 Å². The van der Waals surface area contributed by atoms with Crippen molar-refractivity contribution in [3.05, 3.63) is 0 Å². The smallest absolute Gasteiger partial charge is 1.00 e. The summed E-state index contributed by atoms with van der Waals surface area (Å²) in [6.07, 6.45) is -0.593. The fourth-order valence-corrected chi connectivity index (χ4v) is 0.214. The van der Waals surface area contributed by atoms with Crippen molar-refractivity contribution >= 4 is 11.9 Å². The van der Waals surface area contributed by atoms with Crippen LogP contribution in [0.2, 0.25) is 0 Å². The Kier molecular flexibility index (Phi) is 9.13. The summed E-state index contributed by atoms with van der Waals surface area (Å²) in [4.78, 5) is 19.3. The van der Waals surface area contributed by atoms with Gasteiger partial charge in [-0.25, -0.2) is 0 Å². The molecule has 0 bridgehead atoms. The van der Waals surface area contributed by atoms with Crippen molar-refractivity contribution < 1.29 is 72.6 Å². The van der Waals surface area contributed by atoms with Crippen LogP contribution in [0.25, 0.3) is 0 Å². The Hall–Kier alpha value is 0.576. The van der Waals surface area contributed by atoms with E-state index in [4.69, 9.17) is 10.2 Å². The zero-order valence-corrected chi connectivity index (χ0v) is 8.25. The molecular weight excluding hydrogens is 151 g/mol. The van der Waals surface area contributed by atoms with Gasteiger partial charge in [0.15, 0.2) is 0 Å². The molecule has 0 aromatic heterocycles. The first-order valence-electron chi connectivity index (χ1n) is 2.06. The molecule has 0 radical (unpaired) electrons. The summed E-state index contributed by atoms with van der Waals surface area (Å²) in [5.41, 5.74) is 0. The second-order valence-corrected chi connectivity index (χ2v) is 1.29. The van der Waals surface area contributed by atoms with Crippen molar-refractivity contribution in [1.29, 1.82) is 0 Å². The van der Waals surface area contributed by atoms with Gasteiger partial charge in [-0.05, 0) is 0 Å². The minimum Gasteiger partial charge on any atom is -1.00 e. The van der Waals surface area contributed by atoms with Crippen molar-refractivity contribution in [2.24, 2.45) is 0 Å². The second-order valence-electron chi connectivity index (χ2n) is 1.29. The Labute approximate surface area is 96.2 Å². The third-order valence-corrected chi connectivity index (χ3v) is 0.553. The molecule has 0 unspecified atom stereocenters. The minimum atomic E-state index is -1.08. The van der Waals surface area contributed by atoms with Crippen LogP contribution in [-0.2, 0) is 9.59 Å². The molecule has 0 aliphatic heterocycles. The van der Waals surface area contributed by atoms with Crippen LogP contribution in [0.1, 0.15) is 14.3 Å². The van der Waals surface area contributed by atoms with Crippen molar-refractivity contribution in [3.63, 3.8) is 0 Å². The monoisotopic (exact) mass is 158 g/mol. The number of hydrogen-bond donors (Lipinski definition) is 2. The zero-order chi connectivity index (χ0) is 6.57. The van der Waals surface area contributed by atoms with Gasteiger partial charge in [-0.15, -0.1) is 0 Å². The summed E-state index contributed by atoms with van der Waals surface area (Å²) in [5, 5.41) is 15.8. The molecule has 0 saturated heterocycles. The van der Waals surface area contributed by atoms with Gasteiger partial charge in [0.25, 0.3) is 0 Å². The fourth-order valence-electron chi connectivity index (χ4n) is 0.214. The van der Waals surface area contributed by atoms with Gasteiger partial charge in [0.05, 0.1) is 12.8 Å². The molecule has 48 valence electrons. The van der Waals surface area contributed by atoms with Crippen molar-refractivity contribution in [1.82, 2.24) is 0 Å². The molecule has 0 heterocycles. The molecule has 2 N–H and O–H groups in total. The molecule has 0 aromatic rings. The second kappa shape index (κ2) is 6.69. The number of rotatable bonds is 3. The first kappa shape index (κ1) is 12.3. The van der Waals surface area contributed by atoms with E-state index in [1.165, 1.54) is 0 Å². The third-order valence-electron chi connectivity index (χ3n) is 0.553. The number of aliphatic carboxylic acids is 2. The van der Waals surface area contributed by atoms with E-state index < -0.39 is 11.9 Å². The van der Waals surface area contributed by atoms with Gasteiger partial charge in [0, 0.05) is 0 Å². The van der Waals surface area contributed by atoms with E-state index in [1.54, 1.807) is 0 Å². The quantitative estimate of drug-likeness (QED) is 0.431. The molecule has 0 fully saturated rings. The Balaban J connectivity index is -0.000000245. The van der Waals surface area contributed by atoms with Crippen LogP contribution in [0.5, 0.6) is 0 Å². The van der Waals surface area contributed by atoms with Crippen molar-refractivity contribution in [2.75, 3.05) is 0 Å². The van der Waals surface area contributed by atoms with Gasteiger partial charge in [-0.3, -0.25) is 9.59 Å². The first-order chi connectivity index (χ1) is 3.63. The predicted molar refractivity (Wildman–Crippen MR) is 25.6 cm³/mol. The summed E-state index contributed by atoms with van der Waals surface area (Å²) in [5.74, 6) is -2.15. The molecular formula is C4H7KO4. The van der Waals surface area contributed by atoms with Crippen molar-refractivity contribution in [3.8, 4) is 0 Å². The van der Waals surface area contributed by atoms with Crippen LogP contribution >= 0.6 is 0 Å². The summed E-state index contributed by atoms with van der Waals surface area (Å²) >= 11 is 0. The third kappa shape index (κ3) is 11.9. The number of carboxylic acid groups (broad SMARTS) is 2. The van der Waals surface area contributed by atoms with E-state index >= 15 is 0 Å². The molecule has 0 aliphatic carbocycles. The van der Waals surface area contributed by atoms with Gasteiger partial charge in [-0.1, -0.05) is 0 Å². The Morgan fingerprint density at radius 3 is 1.44 bits per heavy atom. The normalized spacial score (nSPS) is 7.56. The molecule has 0 amide bonds. The standard InChI is InChI=1S/C4H6O4.K.H/c5-3(6)1-2-4(7)8;;/h1-2H2,(H,5,6)(H,7,8);;/q;+1;-1. The Morgan fingerprint density at radius 1 is 1.11 bits per heavy atom. The maximum absolute atomic E-state index is 9.64. The van der Waals surface area contributed by atoms with E-state index in [1.807, 2.05) is 0 Å². The van der Waals surface area contributed by atoms with Gasteiger partial charge in [0.2, 0.25) is 0 Å².